The Morgan fingerprint density at radius 3 is 0.872 bits per heavy atom. The van der Waals surface area contributed by atoms with E-state index in [1.807, 2.05) is 13.8 Å². The number of aliphatic carboxylic acids is 2. The zero-order chi connectivity index (χ0) is 88.8. The zero-order valence-corrected chi connectivity index (χ0v) is 70.8. The molecule has 0 radical (unpaired) electrons. The Labute approximate surface area is 690 Å². The first-order chi connectivity index (χ1) is 55.1. The van der Waals surface area contributed by atoms with E-state index in [0.717, 1.165) is 6.92 Å². The lowest BCUT2D eigenvalue weighted by Crippen LogP contribution is -2.60. The van der Waals surface area contributed by atoms with E-state index in [1.165, 1.54) is 47.1 Å². The maximum atomic E-state index is 14.2. The standard InChI is InChI=1S/C75H134N22O19S/c1-39(2)32-54(93-62(102)44(9)83-66(106)50(23-15-19-29-77)90-61(101)43(8)87-71(111)55(33-40(3)4)95-73(113)57(35-48-36-81-38-82-48)96-65(105)49(80-13)22-14-18-28-76)70(110)86-42(7)60(100)89-51(24-16-20-30-78)67(107)84-45(10)63(103)94-56(34-41(5)6)72(112)91-52(25-17-21-31-79)68(108)85-46(11)64(104)97-58(37-117)74(114)92-53(26-27-59(98)99)69(109)88-47(12)75(115)116/h36,38-47,49-58,80,117H,14-35,37,76-79H2,1-13H3,(H,81,82)(H,83,106)(H,84,107)(H,85,108)(H,86,110)(H,87,111)(H,88,109)(H,89,100)(H,90,101)(H,91,112)(H,92,114)(H,93,102)(H,94,103)(H,95,113)(H,96,105)(H,97,104)(H,98,99)(H,115,116)/t42-,43-,44-,45-,46-,47-,49-,50-,51-,52-,53-,54-,55?,56-,57-,58-/m0/s1. The first kappa shape index (κ1) is 105. The predicted molar refractivity (Wildman–Crippen MR) is 436 cm³/mol. The lowest BCUT2D eigenvalue weighted by atomic mass is 10.0. The van der Waals surface area contributed by atoms with Crippen LogP contribution >= 0.6 is 12.6 Å². The van der Waals surface area contributed by atoms with E-state index in [-0.39, 0.29) is 88.1 Å². The number of aromatic amines is 1. The Morgan fingerprint density at radius 1 is 0.333 bits per heavy atom. The molecule has 117 heavy (non-hydrogen) atoms. The van der Waals surface area contributed by atoms with Crippen molar-refractivity contribution in [3.63, 3.8) is 0 Å². The number of imidazole rings is 1. The largest absolute Gasteiger partial charge is 0.481 e. The maximum absolute atomic E-state index is 14.2. The Balaban J connectivity index is 3.29. The fraction of sp³-hybridized carbons (Fsp3) is 0.733. The highest BCUT2D eigenvalue weighted by Crippen LogP contribution is 2.14. The van der Waals surface area contributed by atoms with Crippen LogP contribution in [-0.2, 0) is 87.9 Å². The SMILES string of the molecule is CN[C@@H](CCCCN)C(=O)N[C@@H](Cc1cnc[nH]1)C(=O)NC(CC(C)C)C(=O)N[C@@H](C)C(=O)N[C@@H](CCCCN)C(=O)N[C@@H](C)C(=O)N[C@@H](CC(C)C)C(=O)N[C@@H](C)C(=O)N[C@@H](CCCCN)C(=O)N[C@@H](C)C(=O)N[C@@H](CC(C)C)C(=O)N[C@@H](CCCCN)C(=O)N[C@@H](C)C(=O)N[C@@H](CS)C(=O)N[C@@H](CCC(=O)O)C(=O)N[C@@H](C)C(=O)O. The molecule has 1 heterocycles. The molecule has 1 aromatic rings. The summed E-state index contributed by atoms with van der Waals surface area (Å²) < 4.78 is 0. The average Bonchev–Trinajstić information content (AvgIpc) is 1.61. The topological polar surface area (TPSA) is 656 Å². The van der Waals surface area contributed by atoms with Gasteiger partial charge in [-0.05, 0) is 189 Å². The maximum Gasteiger partial charge on any atom is 0.325 e. The Kier molecular flexibility index (Phi) is 51.0. The summed E-state index contributed by atoms with van der Waals surface area (Å²) in [6.07, 6.45) is 6.14. The summed E-state index contributed by atoms with van der Waals surface area (Å²) in [5.41, 5.74) is 23.5. The second-order valence-corrected chi connectivity index (χ2v) is 30.9. The Morgan fingerprint density at radius 2 is 0.581 bits per heavy atom. The number of nitrogens with zero attached hydrogens (tertiary/aromatic N) is 1. The van der Waals surface area contributed by atoms with Gasteiger partial charge in [0.1, 0.15) is 90.6 Å². The van der Waals surface area contributed by atoms with E-state index < -0.39 is 210 Å². The van der Waals surface area contributed by atoms with Crippen LogP contribution in [0.4, 0.5) is 0 Å². The molecule has 0 bridgehead atoms. The molecule has 0 fully saturated rings. The van der Waals surface area contributed by atoms with Crippen molar-refractivity contribution in [3.05, 3.63) is 18.2 Å². The number of carbonyl (C=O) groups is 17. The van der Waals surface area contributed by atoms with Gasteiger partial charge in [-0.3, -0.25) is 81.5 Å². The van der Waals surface area contributed by atoms with Crippen LogP contribution in [0, 0.1) is 17.8 Å². The van der Waals surface area contributed by atoms with Gasteiger partial charge in [0.25, 0.3) is 0 Å². The first-order valence-electron chi connectivity index (χ1n) is 40.1. The van der Waals surface area contributed by atoms with Crippen LogP contribution in [0.3, 0.4) is 0 Å². The van der Waals surface area contributed by atoms with Gasteiger partial charge in [-0.25, -0.2) is 4.98 Å². The van der Waals surface area contributed by atoms with Crippen LogP contribution in [0.1, 0.15) is 198 Å². The smallest absolute Gasteiger partial charge is 0.325 e. The van der Waals surface area contributed by atoms with Crippen molar-refractivity contribution in [1.82, 2.24) is 95.0 Å². The fourth-order valence-corrected chi connectivity index (χ4v) is 12.0. The number of rotatable bonds is 60. The number of nitrogens with one attached hydrogen (secondary N) is 17. The summed E-state index contributed by atoms with van der Waals surface area (Å²) in [6.45, 7) is 19.6. The summed E-state index contributed by atoms with van der Waals surface area (Å²) in [4.78, 5) is 237. The first-order valence-corrected chi connectivity index (χ1v) is 40.8. The summed E-state index contributed by atoms with van der Waals surface area (Å²) >= 11 is 4.13. The van der Waals surface area contributed by atoms with E-state index in [4.69, 9.17) is 22.9 Å². The quantitative estimate of drug-likeness (QED) is 0.0216. The van der Waals surface area contributed by atoms with E-state index in [0.29, 0.717) is 70.0 Å². The van der Waals surface area contributed by atoms with Crippen molar-refractivity contribution in [2.75, 3.05) is 39.0 Å². The Bertz CT molecular complexity index is 3370. The van der Waals surface area contributed by atoms with E-state index in [2.05, 4.69) is 108 Å². The minimum absolute atomic E-state index is 0.000961. The molecule has 0 aliphatic heterocycles. The van der Waals surface area contributed by atoms with Crippen molar-refractivity contribution >= 4 is 113 Å². The second kappa shape index (κ2) is 56.6. The van der Waals surface area contributed by atoms with Gasteiger partial charge >= 0.3 is 11.9 Å². The summed E-state index contributed by atoms with van der Waals surface area (Å²) in [7, 11) is 1.62. The molecule has 1 aromatic heterocycles. The number of H-pyrrole nitrogens is 1. The van der Waals surface area contributed by atoms with E-state index >= 15 is 0 Å². The Hall–Kier alpha value is -9.65. The normalized spacial score (nSPS) is 15.4. The van der Waals surface area contributed by atoms with Gasteiger partial charge in [0, 0.05) is 30.5 Å². The highest BCUT2D eigenvalue weighted by Gasteiger charge is 2.38. The zero-order valence-electron chi connectivity index (χ0n) is 69.9. The molecule has 16 atom stereocenters. The number of amides is 15. The van der Waals surface area contributed by atoms with Crippen LogP contribution < -0.4 is 108 Å². The third-order valence-electron chi connectivity index (χ3n) is 18.6. The molecule has 0 aliphatic rings. The second-order valence-electron chi connectivity index (χ2n) is 30.5. The number of hydrogen-bond acceptors (Lipinski definition) is 24. The number of nitrogens with two attached hydrogens (primary N) is 4. The van der Waals surface area contributed by atoms with Crippen molar-refractivity contribution in [2.45, 2.75) is 295 Å². The lowest BCUT2D eigenvalue weighted by molar-refractivity contribution is -0.142. The van der Waals surface area contributed by atoms with Crippen LogP contribution in [0.15, 0.2) is 12.5 Å². The number of unbranched alkanes of at least 4 members (excludes halogenated alkanes) is 4. The molecule has 0 aliphatic carbocycles. The predicted octanol–water partition coefficient (Wildman–Crippen LogP) is -4.53. The highest BCUT2D eigenvalue weighted by atomic mass is 32.1. The van der Waals surface area contributed by atoms with Gasteiger partial charge in [-0.1, -0.05) is 48.0 Å². The van der Waals surface area contributed by atoms with Gasteiger partial charge in [-0.2, -0.15) is 12.6 Å². The van der Waals surface area contributed by atoms with Crippen LogP contribution in [0.2, 0.25) is 0 Å². The van der Waals surface area contributed by atoms with E-state index in [1.54, 1.807) is 34.7 Å². The summed E-state index contributed by atoms with van der Waals surface area (Å²) in [5, 5.41) is 59.9. The third-order valence-corrected chi connectivity index (χ3v) is 18.9. The number of carbonyl (C=O) groups excluding carboxylic acids is 15. The molecule has 0 spiro atoms. The van der Waals surface area contributed by atoms with Gasteiger partial charge in [0.15, 0.2) is 0 Å². The number of likely N-dealkylation sites (N-methyl/N-ethyl adjacent to an activating group) is 1. The third kappa shape index (κ3) is 41.8. The fourth-order valence-electron chi connectivity index (χ4n) is 11.7. The molecular weight excluding hydrogens is 1550 g/mol. The highest BCUT2D eigenvalue weighted by molar-refractivity contribution is 7.80. The summed E-state index contributed by atoms with van der Waals surface area (Å²) in [6, 6.07) is -20.6. The van der Waals surface area contributed by atoms with Crippen molar-refractivity contribution in [3.8, 4) is 0 Å². The molecule has 15 amide bonds. The molecule has 27 N–H and O–H groups in total. The van der Waals surface area contributed by atoms with E-state index in [9.17, 15) is 91.7 Å². The molecule has 1 rings (SSSR count). The number of carboxylic acid groups (broad SMARTS) is 2. The molecular formula is C75H134N22O19S. The van der Waals surface area contributed by atoms with Crippen LogP contribution in [0.5, 0.6) is 0 Å². The molecule has 41 nitrogen and oxygen atoms in total. The van der Waals surface area contributed by atoms with Crippen LogP contribution in [-0.4, -0.2) is 256 Å². The van der Waals surface area contributed by atoms with Gasteiger partial charge in [0.2, 0.25) is 88.6 Å². The number of hydrogen-bond donors (Lipinski definition) is 24. The number of thiol groups is 1. The van der Waals surface area contributed by atoms with Crippen molar-refractivity contribution in [2.24, 2.45) is 40.7 Å². The minimum Gasteiger partial charge on any atom is -0.481 e. The monoisotopic (exact) mass is 1680 g/mol. The molecule has 0 saturated heterocycles. The number of aromatic nitrogens is 2. The molecule has 1 unspecified atom stereocenters. The summed E-state index contributed by atoms with van der Waals surface area (Å²) in [5.74, 6) is -15.9. The number of carboxylic acids is 2. The minimum atomic E-state index is -1.54. The molecule has 664 valence electrons. The molecule has 0 saturated carbocycles. The average molecular weight is 1680 g/mol. The van der Waals surface area contributed by atoms with Crippen LogP contribution in [0.25, 0.3) is 0 Å². The lowest BCUT2D eigenvalue weighted by Gasteiger charge is -2.27. The van der Waals surface area contributed by atoms with Gasteiger partial charge in [0.05, 0.1) is 12.4 Å². The molecule has 42 heteroatoms. The van der Waals surface area contributed by atoms with Crippen molar-refractivity contribution in [1.29, 1.82) is 0 Å². The molecule has 0 aromatic carbocycles. The van der Waals surface area contributed by atoms with Gasteiger partial charge < -0.3 is 123 Å². The van der Waals surface area contributed by atoms with Gasteiger partial charge in [-0.15, -0.1) is 0 Å². The van der Waals surface area contributed by atoms with Crippen molar-refractivity contribution < 1.29 is 91.7 Å².